The zero-order valence-corrected chi connectivity index (χ0v) is 13.5. The van der Waals surface area contributed by atoms with E-state index in [1.165, 1.54) is 14.0 Å². The van der Waals surface area contributed by atoms with Crippen molar-refractivity contribution >= 4 is 17.7 Å². The lowest BCUT2D eigenvalue weighted by Crippen LogP contribution is -2.31. The molecule has 0 saturated carbocycles. The number of methoxy groups -OCH3 is 1. The molecular weight excluding hydrogens is 298 g/mol. The Morgan fingerprint density at radius 2 is 2.00 bits per heavy atom. The summed E-state index contributed by atoms with van der Waals surface area (Å²) in [4.78, 5) is 36.7. The molecule has 1 heterocycles. The minimum Gasteiger partial charge on any atom is -0.496 e. The molecule has 0 bridgehead atoms. The molecule has 6 heteroatoms. The zero-order chi connectivity index (χ0) is 17.1. The van der Waals surface area contributed by atoms with Crippen LogP contribution in [-0.2, 0) is 16.0 Å². The Hall–Kier alpha value is -2.37. The second kappa shape index (κ2) is 6.81. The van der Waals surface area contributed by atoms with E-state index in [0.717, 1.165) is 0 Å². The van der Waals surface area contributed by atoms with Crippen molar-refractivity contribution in [3.8, 4) is 5.75 Å². The number of Topliss-reactive ketones (excluding diaryl/α,β-unsaturated/α-hetero) is 1. The van der Waals surface area contributed by atoms with Gasteiger partial charge >= 0.3 is 5.97 Å². The van der Waals surface area contributed by atoms with Crippen molar-refractivity contribution in [1.82, 2.24) is 4.90 Å². The number of carbonyl (C=O) groups is 3. The van der Waals surface area contributed by atoms with Crippen molar-refractivity contribution in [2.45, 2.75) is 20.3 Å². The van der Waals surface area contributed by atoms with Gasteiger partial charge in [0.25, 0.3) is 0 Å². The molecule has 0 radical (unpaired) electrons. The molecule has 0 aromatic heterocycles. The molecule has 1 fully saturated rings. The van der Waals surface area contributed by atoms with Gasteiger partial charge in [-0.15, -0.1) is 0 Å². The van der Waals surface area contributed by atoms with Crippen molar-refractivity contribution in [2.24, 2.45) is 11.8 Å². The SMILES string of the molecule is COc1ccc(C(C)=O)cc1CC(=O)N1C[C@@H](C)[C@H](C(=O)O)C1. The molecule has 1 aliphatic rings. The fourth-order valence-electron chi connectivity index (χ4n) is 2.90. The molecule has 2 rings (SSSR count). The van der Waals surface area contributed by atoms with Crippen LogP contribution in [0, 0.1) is 11.8 Å². The van der Waals surface area contributed by atoms with Crippen molar-refractivity contribution in [1.29, 1.82) is 0 Å². The molecule has 1 aromatic rings. The number of likely N-dealkylation sites (tertiary alicyclic amines) is 1. The molecule has 1 aliphatic heterocycles. The Morgan fingerprint density at radius 1 is 1.30 bits per heavy atom. The maximum absolute atomic E-state index is 12.5. The van der Waals surface area contributed by atoms with E-state index in [0.29, 0.717) is 23.4 Å². The van der Waals surface area contributed by atoms with Gasteiger partial charge in [-0.1, -0.05) is 6.92 Å². The summed E-state index contributed by atoms with van der Waals surface area (Å²) < 4.78 is 5.25. The van der Waals surface area contributed by atoms with E-state index < -0.39 is 11.9 Å². The smallest absolute Gasteiger partial charge is 0.308 e. The molecule has 0 spiro atoms. The van der Waals surface area contributed by atoms with Gasteiger partial charge in [0.2, 0.25) is 5.91 Å². The van der Waals surface area contributed by atoms with Crippen LogP contribution in [0.5, 0.6) is 5.75 Å². The van der Waals surface area contributed by atoms with Crippen LogP contribution in [0.25, 0.3) is 0 Å². The van der Waals surface area contributed by atoms with E-state index in [4.69, 9.17) is 9.84 Å². The van der Waals surface area contributed by atoms with Crippen molar-refractivity contribution in [2.75, 3.05) is 20.2 Å². The number of amides is 1. The summed E-state index contributed by atoms with van der Waals surface area (Å²) in [6, 6.07) is 4.99. The maximum atomic E-state index is 12.5. The van der Waals surface area contributed by atoms with Crippen LogP contribution in [0.15, 0.2) is 18.2 Å². The number of nitrogens with zero attached hydrogens (tertiary/aromatic N) is 1. The van der Waals surface area contributed by atoms with Crippen LogP contribution in [0.2, 0.25) is 0 Å². The molecular formula is C17H21NO5. The molecule has 6 nitrogen and oxygen atoms in total. The van der Waals surface area contributed by atoms with Gasteiger partial charge in [-0.05, 0) is 31.0 Å². The normalized spacial score (nSPS) is 20.4. The minimum absolute atomic E-state index is 0.0677. The Kier molecular flexibility index (Phi) is 5.03. The largest absolute Gasteiger partial charge is 0.496 e. The summed E-state index contributed by atoms with van der Waals surface area (Å²) in [5.74, 6) is -1.15. The summed E-state index contributed by atoms with van der Waals surface area (Å²) in [6.07, 6.45) is 0.0867. The number of carbonyl (C=O) groups excluding carboxylic acids is 2. The van der Waals surface area contributed by atoms with E-state index in [1.54, 1.807) is 23.1 Å². The average molecular weight is 319 g/mol. The van der Waals surface area contributed by atoms with Crippen LogP contribution in [0.4, 0.5) is 0 Å². The number of ether oxygens (including phenoxy) is 1. The first-order chi connectivity index (χ1) is 10.8. The molecule has 1 N–H and O–H groups in total. The van der Waals surface area contributed by atoms with Crippen LogP contribution in [-0.4, -0.2) is 47.9 Å². The van der Waals surface area contributed by atoms with Gasteiger partial charge < -0.3 is 14.7 Å². The fraction of sp³-hybridized carbons (Fsp3) is 0.471. The number of aliphatic carboxylic acids is 1. The lowest BCUT2D eigenvalue weighted by molar-refractivity contribution is -0.142. The quantitative estimate of drug-likeness (QED) is 0.834. The van der Waals surface area contributed by atoms with Gasteiger partial charge in [-0.25, -0.2) is 0 Å². The number of ketones is 1. The van der Waals surface area contributed by atoms with E-state index >= 15 is 0 Å². The van der Waals surface area contributed by atoms with Gasteiger partial charge in [0.15, 0.2) is 5.78 Å². The summed E-state index contributed by atoms with van der Waals surface area (Å²) in [5.41, 5.74) is 1.16. The van der Waals surface area contributed by atoms with E-state index in [1.807, 2.05) is 6.92 Å². The molecule has 124 valence electrons. The summed E-state index contributed by atoms with van der Waals surface area (Å²) in [5, 5.41) is 9.16. The van der Waals surface area contributed by atoms with Crippen LogP contribution >= 0.6 is 0 Å². The minimum atomic E-state index is -0.871. The fourth-order valence-corrected chi connectivity index (χ4v) is 2.90. The maximum Gasteiger partial charge on any atom is 0.308 e. The predicted molar refractivity (Wildman–Crippen MR) is 83.6 cm³/mol. The van der Waals surface area contributed by atoms with Crippen molar-refractivity contribution in [3.05, 3.63) is 29.3 Å². The lowest BCUT2D eigenvalue weighted by Gasteiger charge is -2.17. The van der Waals surface area contributed by atoms with Gasteiger partial charge in [0.05, 0.1) is 19.4 Å². The highest BCUT2D eigenvalue weighted by atomic mass is 16.5. The summed E-state index contributed by atoms with van der Waals surface area (Å²) in [6.45, 7) is 3.96. The molecule has 0 unspecified atom stereocenters. The summed E-state index contributed by atoms with van der Waals surface area (Å²) in [7, 11) is 1.51. The number of hydrogen-bond donors (Lipinski definition) is 1. The molecule has 1 amide bonds. The topological polar surface area (TPSA) is 83.9 Å². The van der Waals surface area contributed by atoms with Crippen molar-refractivity contribution in [3.63, 3.8) is 0 Å². The first-order valence-corrected chi connectivity index (χ1v) is 7.52. The highest BCUT2D eigenvalue weighted by Crippen LogP contribution is 2.26. The Bertz CT molecular complexity index is 640. The van der Waals surface area contributed by atoms with Crippen molar-refractivity contribution < 1.29 is 24.2 Å². The second-order valence-corrected chi connectivity index (χ2v) is 5.98. The first-order valence-electron chi connectivity index (χ1n) is 7.52. The predicted octanol–water partition coefficient (Wildman–Crippen LogP) is 1.62. The molecule has 0 aliphatic carbocycles. The van der Waals surface area contributed by atoms with E-state index in [2.05, 4.69) is 0 Å². The van der Waals surface area contributed by atoms with Gasteiger partial charge in [-0.2, -0.15) is 0 Å². The Labute approximate surface area is 135 Å². The average Bonchev–Trinajstić information content (AvgIpc) is 2.89. The summed E-state index contributed by atoms with van der Waals surface area (Å²) >= 11 is 0. The standard InChI is InChI=1S/C17H21NO5/c1-10-8-18(9-14(10)17(21)22)16(20)7-13-6-12(11(2)19)4-5-15(13)23-3/h4-6,10,14H,7-9H2,1-3H3,(H,21,22)/t10-,14-/m1/s1. The molecule has 1 saturated heterocycles. The third-order valence-electron chi connectivity index (χ3n) is 4.31. The highest BCUT2D eigenvalue weighted by Gasteiger charge is 2.36. The first kappa shape index (κ1) is 17.0. The zero-order valence-electron chi connectivity index (χ0n) is 13.5. The van der Waals surface area contributed by atoms with Crippen LogP contribution in [0.3, 0.4) is 0 Å². The third kappa shape index (κ3) is 3.70. The number of carboxylic acid groups (broad SMARTS) is 1. The van der Waals surface area contributed by atoms with E-state index in [9.17, 15) is 14.4 Å². The third-order valence-corrected chi connectivity index (χ3v) is 4.31. The van der Waals surface area contributed by atoms with Gasteiger partial charge in [0.1, 0.15) is 5.75 Å². The number of rotatable bonds is 5. The van der Waals surface area contributed by atoms with Crippen LogP contribution in [0.1, 0.15) is 29.8 Å². The molecule has 23 heavy (non-hydrogen) atoms. The second-order valence-electron chi connectivity index (χ2n) is 5.98. The van der Waals surface area contributed by atoms with Gasteiger partial charge in [-0.3, -0.25) is 14.4 Å². The monoisotopic (exact) mass is 319 g/mol. The molecule has 2 atom stereocenters. The Morgan fingerprint density at radius 3 is 2.52 bits per heavy atom. The number of benzene rings is 1. The van der Waals surface area contributed by atoms with Crippen LogP contribution < -0.4 is 4.74 Å². The molecule has 1 aromatic carbocycles. The van der Waals surface area contributed by atoms with E-state index in [-0.39, 0.29) is 30.6 Å². The number of carboxylic acids is 1. The Balaban J connectivity index is 2.15. The highest BCUT2D eigenvalue weighted by molar-refractivity contribution is 5.94. The number of hydrogen-bond acceptors (Lipinski definition) is 4. The van der Waals surface area contributed by atoms with Gasteiger partial charge in [0, 0.05) is 24.2 Å². The lowest BCUT2D eigenvalue weighted by atomic mass is 9.99.